The molecule has 1 N–H and O–H groups in total. The summed E-state index contributed by atoms with van der Waals surface area (Å²) in [6, 6.07) is 13.0. The predicted molar refractivity (Wildman–Crippen MR) is 114 cm³/mol. The molecule has 0 aliphatic carbocycles. The van der Waals surface area contributed by atoms with Crippen LogP contribution >= 0.6 is 0 Å². The third kappa shape index (κ3) is 3.91. The first-order valence-corrected chi connectivity index (χ1v) is 9.74. The monoisotopic (exact) mass is 410 g/mol. The fourth-order valence-electron chi connectivity index (χ4n) is 3.34. The Morgan fingerprint density at radius 1 is 1.03 bits per heavy atom. The van der Waals surface area contributed by atoms with E-state index < -0.39 is 0 Å². The van der Waals surface area contributed by atoms with Crippen molar-refractivity contribution in [2.75, 3.05) is 0 Å². The Hall–Kier alpha value is -4.33. The summed E-state index contributed by atoms with van der Waals surface area (Å²) >= 11 is 0. The molecule has 0 fully saturated rings. The molecule has 0 atom stereocenters. The lowest BCUT2D eigenvalue weighted by Crippen LogP contribution is -2.23. The van der Waals surface area contributed by atoms with Gasteiger partial charge in [-0.2, -0.15) is 5.10 Å². The number of pyridine rings is 3. The summed E-state index contributed by atoms with van der Waals surface area (Å²) in [7, 11) is 0. The van der Waals surface area contributed by atoms with E-state index in [0.29, 0.717) is 35.4 Å². The Morgan fingerprint density at radius 2 is 1.94 bits per heavy atom. The SMILES string of the molecule is O=C(NCc1ccncc1)c1cc(-c2cccnc2)nc2c1cnn2Cc1ccco1. The van der Waals surface area contributed by atoms with Gasteiger partial charge in [-0.1, -0.05) is 0 Å². The minimum atomic E-state index is -0.202. The summed E-state index contributed by atoms with van der Waals surface area (Å²) in [4.78, 5) is 26.1. The van der Waals surface area contributed by atoms with Crippen LogP contribution in [0, 0.1) is 0 Å². The molecule has 1 amide bonds. The Bertz CT molecular complexity index is 1310. The smallest absolute Gasteiger partial charge is 0.252 e. The molecule has 5 aromatic heterocycles. The Kier molecular flexibility index (Phi) is 4.94. The van der Waals surface area contributed by atoms with E-state index in [0.717, 1.165) is 16.9 Å². The molecule has 0 saturated heterocycles. The molecule has 31 heavy (non-hydrogen) atoms. The van der Waals surface area contributed by atoms with Gasteiger partial charge in [0.25, 0.3) is 5.91 Å². The van der Waals surface area contributed by atoms with Crippen molar-refractivity contribution in [2.24, 2.45) is 0 Å². The fraction of sp³-hybridized carbons (Fsp3) is 0.0870. The van der Waals surface area contributed by atoms with Crippen LogP contribution in [-0.4, -0.2) is 30.6 Å². The van der Waals surface area contributed by atoms with Crippen LogP contribution in [0.25, 0.3) is 22.3 Å². The number of fused-ring (bicyclic) bond motifs is 1. The summed E-state index contributed by atoms with van der Waals surface area (Å²) in [6.07, 6.45) is 10.1. The number of carbonyl (C=O) groups is 1. The molecule has 0 radical (unpaired) electrons. The van der Waals surface area contributed by atoms with E-state index in [1.807, 2.05) is 36.4 Å². The molecule has 152 valence electrons. The number of hydrogen-bond acceptors (Lipinski definition) is 6. The van der Waals surface area contributed by atoms with Gasteiger partial charge in [0.15, 0.2) is 5.65 Å². The molecule has 0 unspecified atom stereocenters. The van der Waals surface area contributed by atoms with Gasteiger partial charge in [0.2, 0.25) is 0 Å². The number of amides is 1. The summed E-state index contributed by atoms with van der Waals surface area (Å²) in [5.74, 6) is 0.550. The van der Waals surface area contributed by atoms with E-state index in [2.05, 4.69) is 20.4 Å². The second-order valence-corrected chi connectivity index (χ2v) is 6.95. The third-order valence-corrected chi connectivity index (χ3v) is 4.90. The first-order valence-electron chi connectivity index (χ1n) is 9.74. The van der Waals surface area contributed by atoms with E-state index in [4.69, 9.17) is 9.40 Å². The van der Waals surface area contributed by atoms with Crippen molar-refractivity contribution in [3.63, 3.8) is 0 Å². The molecule has 0 bridgehead atoms. The molecule has 5 aromatic rings. The van der Waals surface area contributed by atoms with Crippen LogP contribution in [0.4, 0.5) is 0 Å². The van der Waals surface area contributed by atoms with Crippen molar-refractivity contribution in [2.45, 2.75) is 13.1 Å². The highest BCUT2D eigenvalue weighted by atomic mass is 16.3. The zero-order valence-corrected chi connectivity index (χ0v) is 16.5. The van der Waals surface area contributed by atoms with Crippen LogP contribution in [0.5, 0.6) is 0 Å². The van der Waals surface area contributed by atoms with Crippen LogP contribution in [-0.2, 0) is 13.1 Å². The highest BCUT2D eigenvalue weighted by Gasteiger charge is 2.18. The van der Waals surface area contributed by atoms with E-state index >= 15 is 0 Å². The van der Waals surface area contributed by atoms with Gasteiger partial charge in [-0.3, -0.25) is 14.8 Å². The molecule has 0 aliphatic rings. The van der Waals surface area contributed by atoms with Crippen LogP contribution < -0.4 is 5.32 Å². The second-order valence-electron chi connectivity index (χ2n) is 6.95. The van der Waals surface area contributed by atoms with Crippen LogP contribution in [0.2, 0.25) is 0 Å². The maximum absolute atomic E-state index is 13.1. The number of carbonyl (C=O) groups excluding carboxylic acids is 1. The summed E-state index contributed by atoms with van der Waals surface area (Å²) in [5.41, 5.74) is 3.54. The van der Waals surface area contributed by atoms with Crippen molar-refractivity contribution < 1.29 is 9.21 Å². The van der Waals surface area contributed by atoms with Crippen LogP contribution in [0.3, 0.4) is 0 Å². The fourth-order valence-corrected chi connectivity index (χ4v) is 3.34. The van der Waals surface area contributed by atoms with E-state index in [9.17, 15) is 4.79 Å². The molecule has 5 rings (SSSR count). The molecule has 8 heteroatoms. The van der Waals surface area contributed by atoms with E-state index in [-0.39, 0.29) is 5.91 Å². The van der Waals surface area contributed by atoms with Gasteiger partial charge in [0.05, 0.1) is 29.1 Å². The average molecular weight is 410 g/mol. The zero-order chi connectivity index (χ0) is 21.0. The lowest BCUT2D eigenvalue weighted by molar-refractivity contribution is 0.0952. The van der Waals surface area contributed by atoms with E-state index in [1.165, 1.54) is 0 Å². The Labute approximate surface area is 177 Å². The third-order valence-electron chi connectivity index (χ3n) is 4.90. The standard InChI is InChI=1S/C23H18N6O2/c30-23(26-12-16-5-8-24-9-6-16)19-11-21(17-3-1-7-25-13-17)28-22-20(19)14-27-29(22)15-18-4-2-10-31-18/h1-11,13-14H,12,15H2,(H,26,30). The van der Waals surface area contributed by atoms with Crippen molar-refractivity contribution in [1.29, 1.82) is 0 Å². The lowest BCUT2D eigenvalue weighted by atomic mass is 10.1. The molecule has 5 heterocycles. The van der Waals surface area contributed by atoms with E-state index in [1.54, 1.807) is 48.0 Å². The summed E-state index contributed by atoms with van der Waals surface area (Å²) in [5, 5.41) is 8.10. The Balaban J connectivity index is 1.55. The van der Waals surface area contributed by atoms with Gasteiger partial charge in [0.1, 0.15) is 12.3 Å². The normalized spacial score (nSPS) is 11.0. The minimum absolute atomic E-state index is 0.202. The van der Waals surface area contributed by atoms with Crippen molar-refractivity contribution >= 4 is 16.9 Å². The van der Waals surface area contributed by atoms with Crippen molar-refractivity contribution in [3.05, 3.63) is 96.6 Å². The highest BCUT2D eigenvalue weighted by Crippen LogP contribution is 2.25. The van der Waals surface area contributed by atoms with Crippen molar-refractivity contribution in [1.82, 2.24) is 30.0 Å². The number of nitrogens with one attached hydrogen (secondary N) is 1. The number of nitrogens with zero attached hydrogens (tertiary/aromatic N) is 5. The number of aromatic nitrogens is 5. The zero-order valence-electron chi connectivity index (χ0n) is 16.5. The minimum Gasteiger partial charge on any atom is -0.467 e. The summed E-state index contributed by atoms with van der Waals surface area (Å²) < 4.78 is 7.18. The molecule has 0 aromatic carbocycles. The predicted octanol–water partition coefficient (Wildman–Crippen LogP) is 3.46. The highest BCUT2D eigenvalue weighted by molar-refractivity contribution is 6.06. The van der Waals surface area contributed by atoms with Crippen LogP contribution in [0.1, 0.15) is 21.7 Å². The van der Waals surface area contributed by atoms with Gasteiger partial charge in [-0.15, -0.1) is 0 Å². The second kappa shape index (κ2) is 8.19. The molecule has 0 spiro atoms. The molecular formula is C23H18N6O2. The maximum atomic E-state index is 13.1. The average Bonchev–Trinajstić information content (AvgIpc) is 3.49. The molecule has 0 aliphatic heterocycles. The molecule has 8 nitrogen and oxygen atoms in total. The number of hydrogen-bond donors (Lipinski definition) is 1. The topological polar surface area (TPSA) is 98.7 Å². The lowest BCUT2D eigenvalue weighted by Gasteiger charge is -2.09. The largest absolute Gasteiger partial charge is 0.467 e. The first-order chi connectivity index (χ1) is 15.3. The van der Waals surface area contributed by atoms with Crippen molar-refractivity contribution in [3.8, 4) is 11.3 Å². The van der Waals surface area contributed by atoms with Gasteiger partial charge in [-0.05, 0) is 48.0 Å². The number of rotatable bonds is 6. The Morgan fingerprint density at radius 3 is 2.71 bits per heavy atom. The summed E-state index contributed by atoms with van der Waals surface area (Å²) in [6.45, 7) is 0.812. The van der Waals surface area contributed by atoms with Gasteiger partial charge < -0.3 is 9.73 Å². The maximum Gasteiger partial charge on any atom is 0.252 e. The van der Waals surface area contributed by atoms with Gasteiger partial charge >= 0.3 is 0 Å². The number of furan rings is 1. The molecule has 0 saturated carbocycles. The van der Waals surface area contributed by atoms with Crippen LogP contribution in [0.15, 0.2) is 84.1 Å². The quantitative estimate of drug-likeness (QED) is 0.460. The molecular weight excluding hydrogens is 392 g/mol. The van der Waals surface area contributed by atoms with Gasteiger partial charge in [0, 0.05) is 36.9 Å². The first kappa shape index (κ1) is 18.7. The van der Waals surface area contributed by atoms with Gasteiger partial charge in [-0.25, -0.2) is 9.67 Å².